The summed E-state index contributed by atoms with van der Waals surface area (Å²) in [6.07, 6.45) is 3.66. The summed E-state index contributed by atoms with van der Waals surface area (Å²) in [7, 11) is 3.15. The number of imidazole rings is 1. The Hall–Kier alpha value is -2.61. The highest BCUT2D eigenvalue weighted by molar-refractivity contribution is 8.00. The van der Waals surface area contributed by atoms with Crippen LogP contribution in [0, 0.1) is 0 Å². The van der Waals surface area contributed by atoms with Crippen LogP contribution < -0.4 is 9.47 Å². The van der Waals surface area contributed by atoms with Crippen molar-refractivity contribution in [2.75, 3.05) is 14.2 Å². The number of Topliss-reactive ketones (excluding diaryl/α,β-unsaturated/α-hetero) is 1. The fraction of sp³-hybridized carbons (Fsp3) is 0.250. The lowest BCUT2D eigenvalue weighted by atomic mass is 10.1. The molecule has 1 aliphatic rings. The molecule has 1 aliphatic carbocycles. The fourth-order valence-corrected chi connectivity index (χ4v) is 3.99. The number of aromatic amines is 1. The van der Waals surface area contributed by atoms with Gasteiger partial charge in [0.2, 0.25) is 0 Å². The molecule has 0 saturated carbocycles. The summed E-state index contributed by atoms with van der Waals surface area (Å²) < 4.78 is 10.6. The Balaban J connectivity index is 1.67. The quantitative estimate of drug-likeness (QED) is 0.727. The first-order valence-electron chi connectivity index (χ1n) is 7.31. The molecule has 7 nitrogen and oxygen atoms in total. The topological polar surface area (TPSA) is 90.0 Å². The molecule has 0 saturated heterocycles. The van der Waals surface area contributed by atoms with Crippen molar-refractivity contribution in [1.82, 2.24) is 19.9 Å². The molecule has 0 spiro atoms. The van der Waals surface area contributed by atoms with E-state index in [2.05, 4.69) is 19.9 Å². The van der Waals surface area contributed by atoms with Crippen molar-refractivity contribution in [1.29, 1.82) is 0 Å². The van der Waals surface area contributed by atoms with Gasteiger partial charge in [-0.05, 0) is 24.1 Å². The maximum Gasteiger partial charge on any atom is 0.181 e. The molecule has 3 aromatic rings. The third kappa shape index (κ3) is 2.30. The number of thioether (sulfide) groups is 1. The van der Waals surface area contributed by atoms with Gasteiger partial charge in [0, 0.05) is 5.56 Å². The van der Waals surface area contributed by atoms with E-state index in [0.717, 1.165) is 16.1 Å². The minimum Gasteiger partial charge on any atom is -0.493 e. The largest absolute Gasteiger partial charge is 0.493 e. The van der Waals surface area contributed by atoms with Crippen LogP contribution in [-0.2, 0) is 6.42 Å². The summed E-state index contributed by atoms with van der Waals surface area (Å²) in [5.74, 6) is 1.27. The van der Waals surface area contributed by atoms with Crippen LogP contribution in [0.3, 0.4) is 0 Å². The standard InChI is InChI=1S/C16H14N4O3S/c1-22-10-3-8-4-12(14(21)9(8)5-11(10)23-2)24-16-13-15(18-6-17-13)19-7-20-16/h3,5-7,12H,4H2,1-2H3,(H,17,18,19,20)/t12-/m1/s1. The first-order chi connectivity index (χ1) is 11.7. The van der Waals surface area contributed by atoms with Gasteiger partial charge in [0.25, 0.3) is 0 Å². The van der Waals surface area contributed by atoms with Crippen molar-refractivity contribution < 1.29 is 14.3 Å². The molecule has 122 valence electrons. The van der Waals surface area contributed by atoms with E-state index in [9.17, 15) is 4.79 Å². The highest BCUT2D eigenvalue weighted by atomic mass is 32.2. The minimum absolute atomic E-state index is 0.0715. The van der Waals surface area contributed by atoms with Crippen LogP contribution in [0.5, 0.6) is 11.5 Å². The maximum absolute atomic E-state index is 12.8. The molecule has 4 rings (SSSR count). The second-order valence-corrected chi connectivity index (χ2v) is 6.51. The summed E-state index contributed by atoms with van der Waals surface area (Å²) >= 11 is 1.42. The maximum atomic E-state index is 12.8. The number of benzene rings is 1. The number of hydrogen-bond donors (Lipinski definition) is 1. The highest BCUT2D eigenvalue weighted by Gasteiger charge is 2.33. The molecule has 0 radical (unpaired) electrons. The number of carbonyl (C=O) groups is 1. The summed E-state index contributed by atoms with van der Waals surface area (Å²) in [5, 5.41) is 0.487. The average molecular weight is 342 g/mol. The number of ketones is 1. The van der Waals surface area contributed by atoms with Crippen molar-refractivity contribution in [2.24, 2.45) is 0 Å². The van der Waals surface area contributed by atoms with E-state index < -0.39 is 0 Å². The number of H-pyrrole nitrogens is 1. The molecule has 2 heterocycles. The van der Waals surface area contributed by atoms with E-state index in [0.29, 0.717) is 29.1 Å². The zero-order chi connectivity index (χ0) is 16.7. The van der Waals surface area contributed by atoms with E-state index in [1.807, 2.05) is 6.07 Å². The molecular weight excluding hydrogens is 328 g/mol. The van der Waals surface area contributed by atoms with Crippen molar-refractivity contribution in [3.05, 3.63) is 35.9 Å². The van der Waals surface area contributed by atoms with Gasteiger partial charge in [0.1, 0.15) is 16.9 Å². The average Bonchev–Trinajstić information content (AvgIpc) is 3.20. The van der Waals surface area contributed by atoms with Crippen LogP contribution in [0.2, 0.25) is 0 Å². The van der Waals surface area contributed by atoms with E-state index in [1.165, 1.54) is 18.1 Å². The fourth-order valence-electron chi connectivity index (χ4n) is 2.85. The SMILES string of the molecule is COc1cc2c(cc1OC)C(=O)[C@H](Sc1ncnc3nc[nH]c13)C2. The normalized spacial score (nSPS) is 16.4. The van der Waals surface area contributed by atoms with Crippen LogP contribution in [0.15, 0.2) is 29.8 Å². The number of nitrogens with zero attached hydrogens (tertiary/aromatic N) is 3. The Morgan fingerprint density at radius 1 is 1.17 bits per heavy atom. The zero-order valence-corrected chi connectivity index (χ0v) is 13.9. The smallest absolute Gasteiger partial charge is 0.181 e. The lowest BCUT2D eigenvalue weighted by Crippen LogP contribution is -2.11. The molecule has 0 fully saturated rings. The van der Waals surface area contributed by atoms with Crippen LogP contribution in [0.4, 0.5) is 0 Å². The lowest BCUT2D eigenvalue weighted by molar-refractivity contribution is 0.1000. The van der Waals surface area contributed by atoms with Crippen LogP contribution in [0.1, 0.15) is 15.9 Å². The Bertz CT molecular complexity index is 940. The molecule has 0 amide bonds. The first-order valence-corrected chi connectivity index (χ1v) is 8.19. The molecular formula is C16H14N4O3S. The second-order valence-electron chi connectivity index (χ2n) is 5.32. The van der Waals surface area contributed by atoms with Gasteiger partial charge in [0.05, 0.1) is 25.8 Å². The number of ether oxygens (including phenoxy) is 2. The monoisotopic (exact) mass is 342 g/mol. The Kier molecular flexibility index (Phi) is 3.61. The van der Waals surface area contributed by atoms with Crippen molar-refractivity contribution in [2.45, 2.75) is 16.7 Å². The summed E-state index contributed by atoms with van der Waals surface area (Å²) in [6, 6.07) is 3.63. The number of hydrogen-bond acceptors (Lipinski definition) is 7. The van der Waals surface area contributed by atoms with Crippen molar-refractivity contribution in [3.8, 4) is 11.5 Å². The Morgan fingerprint density at radius 2 is 1.96 bits per heavy atom. The van der Waals surface area contributed by atoms with E-state index in [-0.39, 0.29) is 11.0 Å². The van der Waals surface area contributed by atoms with Crippen LogP contribution in [-0.4, -0.2) is 45.2 Å². The predicted octanol–water partition coefficient (Wildman–Crippen LogP) is 2.27. The first kappa shape index (κ1) is 14.9. The molecule has 0 aliphatic heterocycles. The summed E-state index contributed by atoms with van der Waals surface area (Å²) in [6.45, 7) is 0. The van der Waals surface area contributed by atoms with Crippen molar-refractivity contribution >= 4 is 28.7 Å². The van der Waals surface area contributed by atoms with Gasteiger partial charge >= 0.3 is 0 Å². The van der Waals surface area contributed by atoms with Crippen LogP contribution in [0.25, 0.3) is 11.2 Å². The van der Waals surface area contributed by atoms with Gasteiger partial charge < -0.3 is 14.5 Å². The molecule has 2 aromatic heterocycles. The number of carbonyl (C=O) groups excluding carboxylic acids is 1. The molecule has 24 heavy (non-hydrogen) atoms. The number of aromatic nitrogens is 4. The van der Waals surface area contributed by atoms with Gasteiger partial charge in [-0.25, -0.2) is 15.0 Å². The van der Waals surface area contributed by atoms with Crippen LogP contribution >= 0.6 is 11.8 Å². The molecule has 1 N–H and O–H groups in total. The second kappa shape index (κ2) is 5.79. The lowest BCUT2D eigenvalue weighted by Gasteiger charge is -2.09. The predicted molar refractivity (Wildman–Crippen MR) is 88.9 cm³/mol. The van der Waals surface area contributed by atoms with E-state index in [4.69, 9.17) is 9.47 Å². The number of fused-ring (bicyclic) bond motifs is 2. The molecule has 0 unspecified atom stereocenters. The molecule has 1 aromatic carbocycles. The Labute approximate surface area is 141 Å². The zero-order valence-electron chi connectivity index (χ0n) is 13.1. The Morgan fingerprint density at radius 3 is 2.75 bits per heavy atom. The molecule has 8 heteroatoms. The third-order valence-corrected chi connectivity index (χ3v) is 5.21. The van der Waals surface area contributed by atoms with Gasteiger partial charge in [-0.2, -0.15) is 0 Å². The number of nitrogens with one attached hydrogen (secondary N) is 1. The van der Waals surface area contributed by atoms with Gasteiger partial charge in [-0.15, -0.1) is 0 Å². The van der Waals surface area contributed by atoms with Gasteiger partial charge in [-0.3, -0.25) is 4.79 Å². The van der Waals surface area contributed by atoms with E-state index >= 15 is 0 Å². The molecule has 1 atom stereocenters. The van der Waals surface area contributed by atoms with E-state index in [1.54, 1.807) is 26.6 Å². The molecule has 0 bridgehead atoms. The number of methoxy groups -OCH3 is 2. The van der Waals surface area contributed by atoms with Gasteiger partial charge in [0.15, 0.2) is 22.9 Å². The minimum atomic E-state index is -0.238. The third-order valence-electron chi connectivity index (χ3n) is 4.01. The summed E-state index contributed by atoms with van der Waals surface area (Å²) in [4.78, 5) is 28.3. The highest BCUT2D eigenvalue weighted by Crippen LogP contribution is 2.40. The van der Waals surface area contributed by atoms with Crippen molar-refractivity contribution in [3.63, 3.8) is 0 Å². The van der Waals surface area contributed by atoms with Gasteiger partial charge in [-0.1, -0.05) is 11.8 Å². The summed E-state index contributed by atoms with van der Waals surface area (Å²) in [5.41, 5.74) is 2.99. The number of rotatable bonds is 4.